The van der Waals surface area contributed by atoms with Gasteiger partial charge in [0.05, 0.1) is 27.7 Å². The Hall–Kier alpha value is -1.77. The van der Waals surface area contributed by atoms with Crippen LogP contribution in [-0.2, 0) is 32.7 Å². The fraction of sp³-hybridized carbons (Fsp3) is 0.818. The van der Waals surface area contributed by atoms with Crippen molar-refractivity contribution in [3.8, 4) is 0 Å². The topological polar surface area (TPSA) is 108 Å². The maximum atomic E-state index is 12.6. The molecule has 0 heterocycles. The van der Waals surface area contributed by atoms with Crippen molar-refractivity contribution in [2.45, 2.75) is 187 Å². The van der Waals surface area contributed by atoms with Crippen molar-refractivity contribution in [3.05, 3.63) is 36.5 Å². The monoisotopic (exact) mass is 785 g/mol. The van der Waals surface area contributed by atoms with E-state index in [4.69, 9.17) is 18.5 Å². The molecule has 10 heteroatoms. The number of unbranched alkanes of at least 4 members (excludes halogenated alkanes) is 19. The Morgan fingerprint density at radius 3 is 1.54 bits per heavy atom. The maximum Gasteiger partial charge on any atom is 0.472 e. The summed E-state index contributed by atoms with van der Waals surface area (Å²) in [6, 6.07) is 0. The van der Waals surface area contributed by atoms with Crippen LogP contribution < -0.4 is 0 Å². The van der Waals surface area contributed by atoms with Crippen LogP contribution in [-0.4, -0.2) is 74.9 Å². The van der Waals surface area contributed by atoms with Gasteiger partial charge in [-0.1, -0.05) is 140 Å². The molecule has 0 bridgehead atoms. The number of phosphoric acid groups is 1. The highest BCUT2D eigenvalue weighted by atomic mass is 31.2. The van der Waals surface area contributed by atoms with Crippen LogP contribution in [0.2, 0.25) is 0 Å². The highest BCUT2D eigenvalue weighted by Crippen LogP contribution is 2.43. The van der Waals surface area contributed by atoms with Crippen molar-refractivity contribution < 1.29 is 42.1 Å². The van der Waals surface area contributed by atoms with Gasteiger partial charge in [0.2, 0.25) is 0 Å². The van der Waals surface area contributed by atoms with Crippen LogP contribution in [0.4, 0.5) is 0 Å². The molecule has 316 valence electrons. The van der Waals surface area contributed by atoms with E-state index in [1.165, 1.54) is 96.3 Å². The van der Waals surface area contributed by atoms with Gasteiger partial charge in [-0.15, -0.1) is 0 Å². The summed E-state index contributed by atoms with van der Waals surface area (Å²) in [6.07, 6.45) is 40.6. The summed E-state index contributed by atoms with van der Waals surface area (Å²) in [5.74, 6) is -0.870. The highest BCUT2D eigenvalue weighted by molar-refractivity contribution is 7.47. The smallest absolute Gasteiger partial charge is 0.462 e. The fourth-order valence-corrected chi connectivity index (χ4v) is 6.44. The summed E-state index contributed by atoms with van der Waals surface area (Å²) in [6.45, 7) is 4.34. The minimum atomic E-state index is -4.38. The van der Waals surface area contributed by atoms with E-state index >= 15 is 0 Å². The lowest BCUT2D eigenvalue weighted by atomic mass is 10.1. The average molecular weight is 785 g/mol. The third-order valence-corrected chi connectivity index (χ3v) is 10.1. The van der Waals surface area contributed by atoms with E-state index in [0.717, 1.165) is 44.9 Å². The van der Waals surface area contributed by atoms with Crippen LogP contribution in [0.25, 0.3) is 0 Å². The van der Waals surface area contributed by atoms with E-state index in [2.05, 4.69) is 50.3 Å². The number of allylic oxidation sites excluding steroid dienone is 6. The normalized spacial score (nSPS) is 14.0. The lowest BCUT2D eigenvalue weighted by molar-refractivity contribution is -0.870. The Bertz CT molecular complexity index is 1020. The zero-order valence-corrected chi connectivity index (χ0v) is 36.3. The molecule has 0 aliphatic carbocycles. The Morgan fingerprint density at radius 1 is 0.574 bits per heavy atom. The van der Waals surface area contributed by atoms with E-state index in [1.807, 2.05) is 21.1 Å². The Kier molecular flexibility index (Phi) is 35.6. The van der Waals surface area contributed by atoms with Crippen LogP contribution >= 0.6 is 7.82 Å². The SMILES string of the molecule is CCCCCCCC/C=C/CCCCCC(=O)O[C@H](COC(=O)CCC/C=C/C/C=C/CCCCCCCCCCC)COP(=O)(O)OCC[N+](C)(C)C. The number of quaternary nitrogens is 1. The van der Waals surface area contributed by atoms with Crippen molar-refractivity contribution in [1.82, 2.24) is 0 Å². The Balaban J connectivity index is 4.44. The van der Waals surface area contributed by atoms with Gasteiger partial charge in [-0.05, 0) is 64.2 Å². The first-order valence-electron chi connectivity index (χ1n) is 21.7. The van der Waals surface area contributed by atoms with Crippen LogP contribution in [0.15, 0.2) is 36.5 Å². The first-order valence-corrected chi connectivity index (χ1v) is 23.2. The zero-order chi connectivity index (χ0) is 40.0. The minimum Gasteiger partial charge on any atom is -0.462 e. The van der Waals surface area contributed by atoms with Crippen LogP contribution in [0.3, 0.4) is 0 Å². The number of rotatable bonds is 39. The molecular weight excluding hydrogens is 701 g/mol. The quantitative estimate of drug-likeness (QED) is 0.0216. The molecule has 2 atom stereocenters. The van der Waals surface area contributed by atoms with E-state index in [-0.39, 0.29) is 26.1 Å². The molecule has 1 N–H and O–H groups in total. The molecule has 0 spiro atoms. The van der Waals surface area contributed by atoms with Crippen molar-refractivity contribution >= 4 is 19.8 Å². The van der Waals surface area contributed by atoms with E-state index in [0.29, 0.717) is 23.9 Å². The summed E-state index contributed by atoms with van der Waals surface area (Å²) < 4.78 is 34.2. The molecule has 9 nitrogen and oxygen atoms in total. The minimum absolute atomic E-state index is 0.0229. The second kappa shape index (κ2) is 36.8. The predicted octanol–water partition coefficient (Wildman–Crippen LogP) is 12.1. The average Bonchev–Trinajstić information content (AvgIpc) is 3.12. The Morgan fingerprint density at radius 2 is 1.02 bits per heavy atom. The predicted molar refractivity (Wildman–Crippen MR) is 224 cm³/mol. The molecule has 54 heavy (non-hydrogen) atoms. The van der Waals surface area contributed by atoms with Gasteiger partial charge in [-0.25, -0.2) is 4.57 Å². The molecule has 0 saturated carbocycles. The second-order valence-electron chi connectivity index (χ2n) is 15.7. The van der Waals surface area contributed by atoms with Gasteiger partial charge in [0, 0.05) is 12.8 Å². The summed E-state index contributed by atoms with van der Waals surface area (Å²) >= 11 is 0. The van der Waals surface area contributed by atoms with Crippen molar-refractivity contribution in [2.75, 3.05) is 47.5 Å². The van der Waals surface area contributed by atoms with Crippen LogP contribution in [0.5, 0.6) is 0 Å². The molecule has 1 unspecified atom stereocenters. The number of esters is 2. The van der Waals surface area contributed by atoms with Gasteiger partial charge in [-0.2, -0.15) is 0 Å². The number of carbonyl (C=O) groups excluding carboxylic acids is 2. The molecule has 0 rings (SSSR count). The largest absolute Gasteiger partial charge is 0.472 e. The van der Waals surface area contributed by atoms with Crippen molar-refractivity contribution in [3.63, 3.8) is 0 Å². The molecular formula is C44H83NO8P+. The molecule has 0 aliphatic rings. The van der Waals surface area contributed by atoms with Crippen LogP contribution in [0, 0.1) is 0 Å². The third kappa shape index (κ3) is 39.9. The number of ether oxygens (including phenoxy) is 2. The Labute approximate surface area is 331 Å². The van der Waals surface area contributed by atoms with Gasteiger partial charge in [-0.3, -0.25) is 18.6 Å². The first-order chi connectivity index (χ1) is 26.0. The number of likely N-dealkylation sites (N-methyl/N-ethyl adjacent to an activating group) is 1. The maximum absolute atomic E-state index is 12.6. The molecule has 0 aromatic heterocycles. The summed E-state index contributed by atoms with van der Waals surface area (Å²) in [5, 5.41) is 0. The molecule has 0 amide bonds. The van der Waals surface area contributed by atoms with Gasteiger partial charge in [0.1, 0.15) is 19.8 Å². The third-order valence-electron chi connectivity index (χ3n) is 9.14. The van der Waals surface area contributed by atoms with Gasteiger partial charge in [0.15, 0.2) is 6.10 Å². The van der Waals surface area contributed by atoms with Gasteiger partial charge < -0.3 is 18.9 Å². The highest BCUT2D eigenvalue weighted by Gasteiger charge is 2.27. The summed E-state index contributed by atoms with van der Waals surface area (Å²) in [5.41, 5.74) is 0. The van der Waals surface area contributed by atoms with Crippen molar-refractivity contribution in [1.29, 1.82) is 0 Å². The van der Waals surface area contributed by atoms with Crippen LogP contribution in [0.1, 0.15) is 181 Å². The van der Waals surface area contributed by atoms with Gasteiger partial charge in [0.25, 0.3) is 0 Å². The molecule has 0 fully saturated rings. The summed E-state index contributed by atoms with van der Waals surface area (Å²) in [7, 11) is 1.45. The zero-order valence-electron chi connectivity index (χ0n) is 35.5. The van der Waals surface area contributed by atoms with E-state index < -0.39 is 32.5 Å². The summed E-state index contributed by atoms with van der Waals surface area (Å²) in [4.78, 5) is 35.3. The molecule has 0 radical (unpaired) electrons. The fourth-order valence-electron chi connectivity index (χ4n) is 5.69. The molecule has 0 aliphatic heterocycles. The van der Waals surface area contributed by atoms with E-state index in [9.17, 15) is 19.0 Å². The lowest BCUT2D eigenvalue weighted by Crippen LogP contribution is -2.37. The molecule has 0 aromatic carbocycles. The second-order valence-corrected chi connectivity index (χ2v) is 17.2. The molecule has 0 saturated heterocycles. The number of hydrogen-bond donors (Lipinski definition) is 1. The lowest BCUT2D eigenvalue weighted by Gasteiger charge is -2.24. The first kappa shape index (κ1) is 52.2. The standard InChI is InChI=1S/C44H82NO8P/c1-6-8-10-12-14-16-18-20-21-22-23-25-26-28-30-32-34-36-43(46)50-40-42(41-52-54(48,49)51-39-38-45(3,4)5)53-44(47)37-35-33-31-29-27-24-19-17-15-13-11-9-7-2/h23-25,27-28,30,42H,6-22,26,29,31-41H2,1-5H3/p+1/b25-23+,27-24+,30-28+/t42-/m1/s1. The number of phosphoric ester groups is 1. The number of carbonyl (C=O) groups is 2. The number of hydrogen-bond acceptors (Lipinski definition) is 7. The molecule has 0 aromatic rings. The van der Waals surface area contributed by atoms with Gasteiger partial charge >= 0.3 is 19.8 Å². The van der Waals surface area contributed by atoms with Crippen molar-refractivity contribution in [2.24, 2.45) is 0 Å². The van der Waals surface area contributed by atoms with E-state index in [1.54, 1.807) is 0 Å². The number of nitrogens with zero attached hydrogens (tertiary/aromatic N) is 1.